The zero-order valence-electron chi connectivity index (χ0n) is 9.57. The third-order valence-corrected chi connectivity index (χ3v) is 3.30. The Labute approximate surface area is 101 Å². The summed E-state index contributed by atoms with van der Waals surface area (Å²) < 4.78 is 72.7. The first-order valence-corrected chi connectivity index (χ1v) is 5.76. The van der Waals surface area contributed by atoms with Gasteiger partial charge in [-0.05, 0) is 25.7 Å². The molecule has 1 rings (SSSR count). The van der Waals surface area contributed by atoms with Crippen LogP contribution in [0.2, 0.25) is 0 Å². The van der Waals surface area contributed by atoms with Crippen LogP contribution in [0.25, 0.3) is 0 Å². The topological polar surface area (TPSA) is 17.1 Å². The smallest absolute Gasteiger partial charge is 0.299 e. The molecule has 1 fully saturated rings. The summed E-state index contributed by atoms with van der Waals surface area (Å²) in [6, 6.07) is 0. The van der Waals surface area contributed by atoms with Crippen molar-refractivity contribution in [1.82, 2.24) is 0 Å². The zero-order valence-corrected chi connectivity index (χ0v) is 9.57. The number of ketones is 1. The van der Waals surface area contributed by atoms with E-state index in [1.165, 1.54) is 0 Å². The quantitative estimate of drug-likeness (QED) is 0.704. The summed E-state index contributed by atoms with van der Waals surface area (Å²) >= 11 is 0. The third-order valence-electron chi connectivity index (χ3n) is 3.30. The van der Waals surface area contributed by atoms with Crippen LogP contribution in [0.5, 0.6) is 0 Å². The molecule has 0 bridgehead atoms. The summed E-state index contributed by atoms with van der Waals surface area (Å²) in [5, 5.41) is 0. The molecule has 0 spiro atoms. The van der Waals surface area contributed by atoms with Crippen molar-refractivity contribution in [2.24, 2.45) is 11.8 Å². The van der Waals surface area contributed by atoms with E-state index in [0.29, 0.717) is 0 Å². The van der Waals surface area contributed by atoms with Crippen LogP contribution in [0.3, 0.4) is 0 Å². The number of carbonyl (C=O) groups is 1. The molecule has 0 aromatic heterocycles. The molecule has 1 aliphatic rings. The minimum Gasteiger partial charge on any atom is -0.299 e. The molecule has 1 saturated carbocycles. The summed E-state index contributed by atoms with van der Waals surface area (Å²) in [4.78, 5) is 11.4. The first kappa shape index (κ1) is 15.3. The highest BCUT2D eigenvalue weighted by Gasteiger charge is 2.42. The number of hydrogen-bond acceptors (Lipinski definition) is 1. The van der Waals surface area contributed by atoms with Gasteiger partial charge in [-0.15, -0.1) is 0 Å². The van der Waals surface area contributed by atoms with E-state index in [1.54, 1.807) is 0 Å². The molecule has 18 heavy (non-hydrogen) atoms. The van der Waals surface area contributed by atoms with Gasteiger partial charge in [0.1, 0.15) is 5.78 Å². The molecule has 0 amide bonds. The molecule has 0 saturated heterocycles. The van der Waals surface area contributed by atoms with Gasteiger partial charge in [0, 0.05) is 12.3 Å². The molecule has 0 aromatic rings. The van der Waals surface area contributed by atoms with Gasteiger partial charge < -0.3 is 0 Å². The standard InChI is InChI=1S/C11H14F6O/c12-10(13,14)6-5-9(18)7-1-3-8(4-2-7)11(15,16)17/h7-8H,1-6H2. The third kappa shape index (κ3) is 4.86. The highest BCUT2D eigenvalue weighted by atomic mass is 19.4. The minimum absolute atomic E-state index is 0.0425. The lowest BCUT2D eigenvalue weighted by Gasteiger charge is -2.29. The predicted molar refractivity (Wildman–Crippen MR) is 51.8 cm³/mol. The highest BCUT2D eigenvalue weighted by Crippen LogP contribution is 2.40. The lowest BCUT2D eigenvalue weighted by molar-refractivity contribution is -0.184. The van der Waals surface area contributed by atoms with Crippen LogP contribution in [-0.2, 0) is 4.79 Å². The van der Waals surface area contributed by atoms with Gasteiger partial charge >= 0.3 is 12.4 Å². The molecule has 7 heteroatoms. The summed E-state index contributed by atoms with van der Waals surface area (Å²) in [7, 11) is 0. The maximum atomic E-state index is 12.3. The fourth-order valence-electron chi connectivity index (χ4n) is 2.21. The van der Waals surface area contributed by atoms with E-state index in [9.17, 15) is 31.1 Å². The van der Waals surface area contributed by atoms with Crippen LogP contribution in [0.4, 0.5) is 26.3 Å². The van der Waals surface area contributed by atoms with Crippen molar-refractivity contribution < 1.29 is 31.1 Å². The monoisotopic (exact) mass is 276 g/mol. The van der Waals surface area contributed by atoms with Crippen molar-refractivity contribution in [2.75, 3.05) is 0 Å². The van der Waals surface area contributed by atoms with Crippen LogP contribution < -0.4 is 0 Å². The predicted octanol–water partition coefficient (Wildman–Crippen LogP) is 4.27. The van der Waals surface area contributed by atoms with E-state index in [2.05, 4.69) is 0 Å². The van der Waals surface area contributed by atoms with Gasteiger partial charge in [0.25, 0.3) is 0 Å². The van der Waals surface area contributed by atoms with Crippen LogP contribution >= 0.6 is 0 Å². The average molecular weight is 276 g/mol. The van der Waals surface area contributed by atoms with E-state index >= 15 is 0 Å². The number of alkyl halides is 6. The fourth-order valence-corrected chi connectivity index (χ4v) is 2.21. The Morgan fingerprint density at radius 2 is 1.44 bits per heavy atom. The summed E-state index contributed by atoms with van der Waals surface area (Å²) in [5.74, 6) is -2.61. The Morgan fingerprint density at radius 1 is 0.944 bits per heavy atom. The molecule has 0 atom stereocenters. The van der Waals surface area contributed by atoms with Crippen molar-refractivity contribution in [2.45, 2.75) is 50.9 Å². The van der Waals surface area contributed by atoms with Gasteiger partial charge in [-0.3, -0.25) is 4.79 Å². The van der Waals surface area contributed by atoms with E-state index in [1.807, 2.05) is 0 Å². The van der Waals surface area contributed by atoms with Crippen molar-refractivity contribution in [3.05, 3.63) is 0 Å². The second-order valence-corrected chi connectivity index (χ2v) is 4.67. The largest absolute Gasteiger partial charge is 0.391 e. The summed E-state index contributed by atoms with van der Waals surface area (Å²) in [6.45, 7) is 0. The molecule has 1 nitrogen and oxygen atoms in total. The van der Waals surface area contributed by atoms with Crippen LogP contribution in [-0.4, -0.2) is 18.1 Å². The molecule has 1 aliphatic carbocycles. The molecule has 106 valence electrons. The molecule has 0 N–H and O–H groups in total. The SMILES string of the molecule is O=C(CCC(F)(F)F)C1CCC(C(F)(F)F)CC1. The molecule has 0 radical (unpaired) electrons. The first-order chi connectivity index (χ1) is 8.09. The minimum atomic E-state index is -4.39. The number of carbonyl (C=O) groups excluding carboxylic acids is 1. The lowest BCUT2D eigenvalue weighted by Crippen LogP contribution is -2.30. The molecular weight excluding hydrogens is 262 g/mol. The first-order valence-electron chi connectivity index (χ1n) is 5.76. The number of rotatable bonds is 3. The second kappa shape index (κ2) is 5.48. The van der Waals surface area contributed by atoms with E-state index in [0.717, 1.165) is 0 Å². The van der Waals surface area contributed by atoms with Gasteiger partial charge in [0.05, 0.1) is 12.3 Å². The van der Waals surface area contributed by atoms with Gasteiger partial charge in [-0.1, -0.05) is 0 Å². The molecule has 0 unspecified atom stereocenters. The van der Waals surface area contributed by atoms with Crippen molar-refractivity contribution >= 4 is 5.78 Å². The Kier molecular flexibility index (Phi) is 4.66. The van der Waals surface area contributed by atoms with E-state index in [4.69, 9.17) is 0 Å². The summed E-state index contributed by atoms with van der Waals surface area (Å²) in [5.41, 5.74) is 0. The van der Waals surface area contributed by atoms with Crippen LogP contribution in [0.1, 0.15) is 38.5 Å². The fraction of sp³-hybridized carbons (Fsp3) is 0.909. The second-order valence-electron chi connectivity index (χ2n) is 4.67. The maximum Gasteiger partial charge on any atom is 0.391 e. The average Bonchev–Trinajstić information content (AvgIpc) is 2.24. The van der Waals surface area contributed by atoms with Crippen molar-refractivity contribution in [1.29, 1.82) is 0 Å². The Morgan fingerprint density at radius 3 is 1.83 bits per heavy atom. The Balaban J connectivity index is 2.37. The van der Waals surface area contributed by atoms with E-state index < -0.39 is 42.8 Å². The number of halogens is 6. The van der Waals surface area contributed by atoms with E-state index in [-0.39, 0.29) is 25.7 Å². The number of hydrogen-bond donors (Lipinski definition) is 0. The molecule has 0 heterocycles. The normalized spacial score (nSPS) is 26.1. The van der Waals surface area contributed by atoms with Crippen molar-refractivity contribution in [3.8, 4) is 0 Å². The van der Waals surface area contributed by atoms with Gasteiger partial charge in [-0.25, -0.2) is 0 Å². The Hall–Kier alpha value is -0.750. The van der Waals surface area contributed by atoms with Gasteiger partial charge in [0.2, 0.25) is 0 Å². The molecule has 0 aliphatic heterocycles. The summed E-state index contributed by atoms with van der Waals surface area (Å²) in [6.07, 6.45) is -10.7. The van der Waals surface area contributed by atoms with Gasteiger partial charge in [0.15, 0.2) is 0 Å². The van der Waals surface area contributed by atoms with Gasteiger partial charge in [-0.2, -0.15) is 26.3 Å². The maximum absolute atomic E-state index is 12.3. The number of Topliss-reactive ketones (excluding diaryl/α,β-unsaturated/α-hetero) is 1. The Bertz CT molecular complexity index is 285. The highest BCUT2D eigenvalue weighted by molar-refractivity contribution is 5.81. The molecule has 0 aromatic carbocycles. The molecular formula is C11H14F6O. The lowest BCUT2D eigenvalue weighted by atomic mass is 9.79. The zero-order chi connectivity index (χ0) is 14.0. The van der Waals surface area contributed by atoms with Crippen LogP contribution in [0, 0.1) is 11.8 Å². The van der Waals surface area contributed by atoms with Crippen LogP contribution in [0.15, 0.2) is 0 Å². The van der Waals surface area contributed by atoms with Crippen molar-refractivity contribution in [3.63, 3.8) is 0 Å².